The molecule has 9 heteroatoms. The number of carbonyl (C=O) groups is 4. The van der Waals surface area contributed by atoms with E-state index in [0.29, 0.717) is 4.90 Å². The van der Waals surface area contributed by atoms with Crippen LogP contribution in [0.15, 0.2) is 29.2 Å². The summed E-state index contributed by atoms with van der Waals surface area (Å²) < 4.78 is 5.03. The molecule has 158 valence electrons. The second-order valence-electron chi connectivity index (χ2n) is 7.09. The Balaban J connectivity index is 1.81. The van der Waals surface area contributed by atoms with E-state index in [1.165, 1.54) is 11.8 Å². The highest BCUT2D eigenvalue weighted by Gasteiger charge is 2.19. The van der Waals surface area contributed by atoms with E-state index in [1.54, 1.807) is 24.3 Å². The van der Waals surface area contributed by atoms with Crippen LogP contribution in [0.25, 0.3) is 0 Å². The van der Waals surface area contributed by atoms with Gasteiger partial charge in [0.25, 0.3) is 5.91 Å². The smallest absolute Gasteiger partial charge is 0.339 e. The Labute approximate surface area is 174 Å². The maximum atomic E-state index is 12.3. The van der Waals surface area contributed by atoms with Crippen LogP contribution < -0.4 is 16.0 Å². The van der Waals surface area contributed by atoms with Gasteiger partial charge >= 0.3 is 12.0 Å². The summed E-state index contributed by atoms with van der Waals surface area (Å²) >= 11 is 1.21. The first kappa shape index (κ1) is 22.7. The second kappa shape index (κ2) is 11.5. The minimum Gasteiger partial charge on any atom is -0.452 e. The van der Waals surface area contributed by atoms with E-state index in [9.17, 15) is 19.2 Å². The van der Waals surface area contributed by atoms with E-state index >= 15 is 0 Å². The minimum atomic E-state index is -0.699. The fraction of sp³-hybridized carbons (Fsp3) is 0.500. The molecule has 3 N–H and O–H groups in total. The van der Waals surface area contributed by atoms with Crippen molar-refractivity contribution in [3.05, 3.63) is 29.8 Å². The summed E-state index contributed by atoms with van der Waals surface area (Å²) in [6.45, 7) is 3.17. The lowest BCUT2D eigenvalue weighted by atomic mass is 10.2. The predicted octanol–water partition coefficient (Wildman–Crippen LogP) is 2.23. The predicted molar refractivity (Wildman–Crippen MR) is 110 cm³/mol. The monoisotopic (exact) mass is 421 g/mol. The van der Waals surface area contributed by atoms with E-state index < -0.39 is 24.5 Å². The average Bonchev–Trinajstić information content (AvgIpc) is 3.17. The van der Waals surface area contributed by atoms with Crippen molar-refractivity contribution in [2.75, 3.05) is 12.4 Å². The number of thioether (sulfide) groups is 1. The van der Waals surface area contributed by atoms with Crippen molar-refractivity contribution in [1.29, 1.82) is 0 Å². The number of esters is 1. The van der Waals surface area contributed by atoms with E-state index in [4.69, 9.17) is 4.74 Å². The van der Waals surface area contributed by atoms with Crippen molar-refractivity contribution < 1.29 is 23.9 Å². The van der Waals surface area contributed by atoms with Gasteiger partial charge in [-0.2, -0.15) is 0 Å². The largest absolute Gasteiger partial charge is 0.452 e. The van der Waals surface area contributed by atoms with Gasteiger partial charge in [0.1, 0.15) is 0 Å². The molecule has 2 rings (SSSR count). The summed E-state index contributed by atoms with van der Waals surface area (Å²) in [6.07, 6.45) is 3.93. The Morgan fingerprint density at radius 2 is 1.79 bits per heavy atom. The summed E-state index contributed by atoms with van der Waals surface area (Å²) in [6, 6.07) is 6.23. The number of ether oxygens (including phenoxy) is 1. The number of nitrogens with one attached hydrogen (secondary N) is 3. The Hall–Kier alpha value is -2.55. The topological polar surface area (TPSA) is 114 Å². The standard InChI is InChI=1S/C20H27N3O5S/c1-13(2)21-18(25)12-29-16-10-6-5-9-15(16)19(26)28-11-17(24)23-20(27)22-14-7-3-4-8-14/h5-6,9-10,13-14H,3-4,7-8,11-12H2,1-2H3,(H,21,25)(H2,22,23,24,27). The van der Waals surface area contributed by atoms with Gasteiger partial charge in [-0.1, -0.05) is 25.0 Å². The summed E-state index contributed by atoms with van der Waals surface area (Å²) in [5, 5.41) is 7.67. The third-order valence-electron chi connectivity index (χ3n) is 4.19. The Bertz CT molecular complexity index is 747. The maximum Gasteiger partial charge on any atom is 0.339 e. The molecule has 1 aliphatic rings. The fourth-order valence-corrected chi connectivity index (χ4v) is 3.78. The van der Waals surface area contributed by atoms with Crippen LogP contribution in [0.3, 0.4) is 0 Å². The Morgan fingerprint density at radius 1 is 1.10 bits per heavy atom. The third-order valence-corrected chi connectivity index (χ3v) is 5.27. The molecule has 0 aliphatic heterocycles. The van der Waals surface area contributed by atoms with Crippen LogP contribution >= 0.6 is 11.8 Å². The highest BCUT2D eigenvalue weighted by molar-refractivity contribution is 8.00. The van der Waals surface area contributed by atoms with Gasteiger partial charge in [0.2, 0.25) is 5.91 Å². The molecular formula is C20H27N3O5S. The molecule has 4 amide bonds. The molecule has 1 fully saturated rings. The zero-order valence-electron chi connectivity index (χ0n) is 16.7. The SMILES string of the molecule is CC(C)NC(=O)CSc1ccccc1C(=O)OCC(=O)NC(=O)NC1CCCC1. The first-order valence-electron chi connectivity index (χ1n) is 9.64. The van der Waals surface area contributed by atoms with Gasteiger partial charge in [0, 0.05) is 17.0 Å². The van der Waals surface area contributed by atoms with Crippen molar-refractivity contribution in [2.24, 2.45) is 0 Å². The maximum absolute atomic E-state index is 12.3. The Morgan fingerprint density at radius 3 is 2.48 bits per heavy atom. The molecule has 0 atom stereocenters. The van der Waals surface area contributed by atoms with Gasteiger partial charge in [0.05, 0.1) is 11.3 Å². The van der Waals surface area contributed by atoms with Crippen LogP contribution in [0.2, 0.25) is 0 Å². The Kier molecular flexibility index (Phi) is 8.98. The van der Waals surface area contributed by atoms with E-state index in [1.807, 2.05) is 13.8 Å². The van der Waals surface area contributed by atoms with E-state index in [-0.39, 0.29) is 29.3 Å². The molecule has 0 saturated heterocycles. The van der Waals surface area contributed by atoms with Crippen molar-refractivity contribution >= 4 is 35.6 Å². The molecule has 0 unspecified atom stereocenters. The number of benzene rings is 1. The molecule has 1 aliphatic carbocycles. The fourth-order valence-electron chi connectivity index (χ4n) is 2.93. The summed E-state index contributed by atoms with van der Waals surface area (Å²) in [5.41, 5.74) is 0.262. The molecule has 0 radical (unpaired) electrons. The summed E-state index contributed by atoms with van der Waals surface area (Å²) in [4.78, 5) is 48.4. The van der Waals surface area contributed by atoms with Gasteiger partial charge in [-0.05, 0) is 38.8 Å². The van der Waals surface area contributed by atoms with Crippen LogP contribution in [0.4, 0.5) is 4.79 Å². The zero-order chi connectivity index (χ0) is 21.2. The number of imide groups is 1. The van der Waals surface area contributed by atoms with Crippen LogP contribution in [0.1, 0.15) is 49.9 Å². The highest BCUT2D eigenvalue weighted by Crippen LogP contribution is 2.23. The van der Waals surface area contributed by atoms with Crippen molar-refractivity contribution in [3.8, 4) is 0 Å². The second-order valence-corrected chi connectivity index (χ2v) is 8.10. The molecule has 0 heterocycles. The molecule has 0 aromatic heterocycles. The molecule has 0 bridgehead atoms. The van der Waals surface area contributed by atoms with Gasteiger partial charge in [-0.25, -0.2) is 9.59 Å². The number of rotatable bonds is 8. The molecule has 0 spiro atoms. The molecule has 1 aromatic rings. The van der Waals surface area contributed by atoms with E-state index in [0.717, 1.165) is 25.7 Å². The zero-order valence-corrected chi connectivity index (χ0v) is 17.5. The van der Waals surface area contributed by atoms with Crippen molar-refractivity contribution in [2.45, 2.75) is 56.5 Å². The van der Waals surface area contributed by atoms with Crippen LogP contribution in [0.5, 0.6) is 0 Å². The van der Waals surface area contributed by atoms with Gasteiger partial charge < -0.3 is 15.4 Å². The number of hydrogen-bond acceptors (Lipinski definition) is 6. The van der Waals surface area contributed by atoms with Crippen LogP contribution in [-0.4, -0.2) is 48.3 Å². The average molecular weight is 422 g/mol. The molecular weight excluding hydrogens is 394 g/mol. The van der Waals surface area contributed by atoms with Crippen molar-refractivity contribution in [3.63, 3.8) is 0 Å². The van der Waals surface area contributed by atoms with E-state index in [2.05, 4.69) is 16.0 Å². The van der Waals surface area contributed by atoms with Crippen molar-refractivity contribution in [1.82, 2.24) is 16.0 Å². The van der Waals surface area contributed by atoms with Gasteiger partial charge in [-0.15, -0.1) is 11.8 Å². The van der Waals surface area contributed by atoms with Gasteiger partial charge in [0.15, 0.2) is 6.61 Å². The normalized spacial score (nSPS) is 13.8. The summed E-state index contributed by atoms with van der Waals surface area (Å²) in [7, 11) is 0. The lowest BCUT2D eigenvalue weighted by Gasteiger charge is -2.13. The summed E-state index contributed by atoms with van der Waals surface area (Å²) in [5.74, 6) is -1.37. The third kappa shape index (κ3) is 8.15. The quantitative estimate of drug-likeness (QED) is 0.438. The number of hydrogen-bond donors (Lipinski definition) is 3. The first-order valence-corrected chi connectivity index (χ1v) is 10.6. The first-order chi connectivity index (χ1) is 13.8. The lowest BCUT2D eigenvalue weighted by Crippen LogP contribution is -2.45. The van der Waals surface area contributed by atoms with Crippen LogP contribution in [-0.2, 0) is 14.3 Å². The highest BCUT2D eigenvalue weighted by atomic mass is 32.2. The minimum absolute atomic E-state index is 0.0349. The number of urea groups is 1. The number of carbonyl (C=O) groups excluding carboxylic acids is 4. The lowest BCUT2D eigenvalue weighted by molar-refractivity contribution is -0.123. The molecule has 1 saturated carbocycles. The molecule has 8 nitrogen and oxygen atoms in total. The van der Waals surface area contributed by atoms with Gasteiger partial charge in [-0.3, -0.25) is 14.9 Å². The molecule has 29 heavy (non-hydrogen) atoms. The number of amides is 4. The molecule has 1 aromatic carbocycles. The van der Waals surface area contributed by atoms with Crippen LogP contribution in [0, 0.1) is 0 Å².